The fourth-order valence-electron chi connectivity index (χ4n) is 8.27. The molecule has 0 aromatic heterocycles. The van der Waals surface area contributed by atoms with E-state index in [0.29, 0.717) is 24.8 Å². The third-order valence-corrected chi connectivity index (χ3v) is 10.9. The molecule has 2 heterocycles. The lowest BCUT2D eigenvalue weighted by Gasteiger charge is -2.44. The van der Waals surface area contributed by atoms with Crippen LogP contribution in [0.1, 0.15) is 35.4 Å². The average molecular weight is 671 g/mol. The van der Waals surface area contributed by atoms with Crippen molar-refractivity contribution in [3.8, 4) is 23.0 Å². The van der Waals surface area contributed by atoms with Gasteiger partial charge in [-0.1, -0.05) is 47.5 Å². The highest BCUT2D eigenvalue weighted by molar-refractivity contribution is 6.32. The summed E-state index contributed by atoms with van der Waals surface area (Å²) in [6.07, 6.45) is 3.37. The van der Waals surface area contributed by atoms with Gasteiger partial charge in [0.25, 0.3) is 0 Å². The van der Waals surface area contributed by atoms with Crippen LogP contribution in [-0.4, -0.2) is 68.9 Å². The van der Waals surface area contributed by atoms with Gasteiger partial charge < -0.3 is 20.1 Å². The van der Waals surface area contributed by atoms with Crippen molar-refractivity contribution in [3.05, 3.63) is 94.0 Å². The van der Waals surface area contributed by atoms with E-state index >= 15 is 0 Å². The average Bonchev–Trinajstić information content (AvgIpc) is 3.47. The van der Waals surface area contributed by atoms with E-state index in [0.717, 1.165) is 16.7 Å². The molecule has 0 bridgehead atoms. The van der Waals surface area contributed by atoms with Gasteiger partial charge in [0.2, 0.25) is 23.6 Å². The van der Waals surface area contributed by atoms with Gasteiger partial charge in [0.1, 0.15) is 11.5 Å². The Morgan fingerprint density at radius 3 is 1.83 bits per heavy atom. The van der Waals surface area contributed by atoms with E-state index in [1.807, 2.05) is 6.08 Å². The van der Waals surface area contributed by atoms with Gasteiger partial charge in [-0.2, -0.15) is 0 Å². The molecule has 3 fully saturated rings. The zero-order valence-corrected chi connectivity index (χ0v) is 27.0. The van der Waals surface area contributed by atoms with Gasteiger partial charge in [-0.05, 0) is 84.7 Å². The van der Waals surface area contributed by atoms with E-state index in [2.05, 4.69) is 0 Å². The second-order valence-electron chi connectivity index (χ2n) is 13.1. The van der Waals surface area contributed by atoms with E-state index in [-0.39, 0.29) is 71.2 Å². The highest BCUT2D eigenvalue weighted by Crippen LogP contribution is 2.58. The Balaban J connectivity index is 1.23. The SMILES string of the molecule is COc1cc(C2C3=CCC4C(=O)N(CCc5ccc(O)cc5)C(=O)C4C3CC3C(=O)N(CCc4ccc(O)cc4)C(=O)C32)cc(Cl)c1O. The molecule has 10 nitrogen and oxygen atoms in total. The number of allylic oxidation sites excluding steroid dienone is 2. The third-order valence-electron chi connectivity index (χ3n) is 10.6. The molecule has 3 aromatic carbocycles. The summed E-state index contributed by atoms with van der Waals surface area (Å²) in [5.41, 5.74) is 3.14. The van der Waals surface area contributed by atoms with Gasteiger partial charge in [0, 0.05) is 19.0 Å². The fraction of sp³-hybridized carbons (Fsp3) is 0.351. The zero-order chi connectivity index (χ0) is 33.9. The van der Waals surface area contributed by atoms with Crippen LogP contribution in [0.4, 0.5) is 0 Å². The van der Waals surface area contributed by atoms with E-state index in [9.17, 15) is 34.5 Å². The quantitative estimate of drug-likeness (QED) is 0.233. The summed E-state index contributed by atoms with van der Waals surface area (Å²) in [5, 5.41) is 29.9. The molecule has 2 saturated heterocycles. The number of aromatic hydroxyl groups is 3. The number of benzene rings is 3. The van der Waals surface area contributed by atoms with Gasteiger partial charge in [-0.15, -0.1) is 0 Å². The van der Waals surface area contributed by atoms with Crippen molar-refractivity contribution < 1.29 is 39.2 Å². The van der Waals surface area contributed by atoms with Gasteiger partial charge >= 0.3 is 0 Å². The lowest BCUT2D eigenvalue weighted by atomic mass is 9.57. The molecule has 248 valence electrons. The minimum atomic E-state index is -0.764. The van der Waals surface area contributed by atoms with Crippen LogP contribution in [0.2, 0.25) is 5.02 Å². The zero-order valence-electron chi connectivity index (χ0n) is 26.2. The maximum atomic E-state index is 14.2. The number of amides is 4. The number of halogens is 1. The smallest absolute Gasteiger partial charge is 0.234 e. The van der Waals surface area contributed by atoms with Crippen molar-refractivity contribution in [1.29, 1.82) is 0 Å². The van der Waals surface area contributed by atoms with Crippen LogP contribution in [0.5, 0.6) is 23.0 Å². The van der Waals surface area contributed by atoms with Crippen LogP contribution in [0, 0.1) is 29.6 Å². The minimum Gasteiger partial charge on any atom is -0.508 e. The molecule has 3 aromatic rings. The van der Waals surface area contributed by atoms with Gasteiger partial charge in [-0.25, -0.2) is 0 Å². The standard InChI is InChI=1S/C37H35ClN2O8/c1-48-29-17-21(16-28(38)33(29)43)30-24-10-11-25-31(36(46)39(34(25)44)14-12-19-2-6-22(41)7-3-19)26(24)18-27-32(30)37(47)40(35(27)45)15-13-20-4-8-23(42)9-5-20/h2-10,16-17,25-27,30-32,41-43H,11-15,18H2,1H3. The predicted molar refractivity (Wildman–Crippen MR) is 174 cm³/mol. The summed E-state index contributed by atoms with van der Waals surface area (Å²) in [6, 6.07) is 16.5. The molecule has 7 rings (SSSR count). The van der Waals surface area contributed by atoms with Crippen molar-refractivity contribution in [2.75, 3.05) is 20.2 Å². The first-order valence-electron chi connectivity index (χ1n) is 16.1. The van der Waals surface area contributed by atoms with Crippen LogP contribution >= 0.6 is 11.6 Å². The maximum absolute atomic E-state index is 14.2. The first-order valence-corrected chi connectivity index (χ1v) is 16.5. The number of rotatable bonds is 8. The summed E-state index contributed by atoms with van der Waals surface area (Å²) in [4.78, 5) is 58.7. The fourth-order valence-corrected chi connectivity index (χ4v) is 8.49. The molecule has 6 atom stereocenters. The van der Waals surface area contributed by atoms with E-state index in [4.69, 9.17) is 16.3 Å². The number of carbonyl (C=O) groups is 4. The van der Waals surface area contributed by atoms with Gasteiger partial charge in [0.05, 0.1) is 35.8 Å². The first kappa shape index (κ1) is 31.8. The minimum absolute atomic E-state index is 0.0331. The Morgan fingerprint density at radius 1 is 0.729 bits per heavy atom. The van der Waals surface area contributed by atoms with Crippen molar-refractivity contribution in [2.24, 2.45) is 29.6 Å². The molecule has 4 amide bonds. The van der Waals surface area contributed by atoms with Crippen LogP contribution < -0.4 is 4.74 Å². The number of methoxy groups -OCH3 is 1. The number of nitrogens with zero attached hydrogens (tertiary/aromatic N) is 2. The molecule has 6 unspecified atom stereocenters. The summed E-state index contributed by atoms with van der Waals surface area (Å²) in [7, 11) is 1.40. The number of likely N-dealkylation sites (tertiary alicyclic amines) is 2. The Hall–Kier alpha value is -4.83. The molecule has 1 saturated carbocycles. The summed E-state index contributed by atoms with van der Waals surface area (Å²) in [6.45, 7) is 0.347. The van der Waals surface area contributed by atoms with Gasteiger partial charge in [-0.3, -0.25) is 29.0 Å². The topological polar surface area (TPSA) is 145 Å². The molecule has 48 heavy (non-hydrogen) atoms. The number of fused-ring (bicyclic) bond motifs is 4. The molecule has 2 aliphatic heterocycles. The molecule has 0 spiro atoms. The van der Waals surface area contributed by atoms with E-state index in [1.165, 1.54) is 16.9 Å². The van der Waals surface area contributed by atoms with Crippen LogP contribution in [0.15, 0.2) is 72.3 Å². The highest BCUT2D eigenvalue weighted by atomic mass is 35.5. The van der Waals surface area contributed by atoms with Crippen LogP contribution in [0.3, 0.4) is 0 Å². The molecule has 2 aliphatic carbocycles. The Kier molecular flexibility index (Phi) is 8.15. The number of hydrogen-bond donors (Lipinski definition) is 3. The Bertz CT molecular complexity index is 1840. The van der Waals surface area contributed by atoms with Crippen LogP contribution in [-0.2, 0) is 32.0 Å². The highest BCUT2D eigenvalue weighted by Gasteiger charge is 2.61. The maximum Gasteiger partial charge on any atom is 0.234 e. The lowest BCUT2D eigenvalue weighted by molar-refractivity contribution is -0.142. The molecule has 3 N–H and O–H groups in total. The molecule has 4 aliphatic rings. The third kappa shape index (κ3) is 5.28. The Labute approximate surface area is 282 Å². The number of phenolic OH excluding ortho intramolecular Hbond substituents is 3. The van der Waals surface area contributed by atoms with Crippen molar-refractivity contribution in [2.45, 2.75) is 31.6 Å². The summed E-state index contributed by atoms with van der Waals surface area (Å²) >= 11 is 6.45. The summed E-state index contributed by atoms with van der Waals surface area (Å²) in [5.74, 6) is -4.84. The normalized spacial score (nSPS) is 26.3. The van der Waals surface area contributed by atoms with Gasteiger partial charge in [0.15, 0.2) is 11.5 Å². The largest absolute Gasteiger partial charge is 0.508 e. The predicted octanol–water partition coefficient (Wildman–Crippen LogP) is 4.59. The Morgan fingerprint density at radius 2 is 1.27 bits per heavy atom. The number of phenols is 3. The van der Waals surface area contributed by atoms with Crippen molar-refractivity contribution >= 4 is 35.2 Å². The monoisotopic (exact) mass is 670 g/mol. The second kappa shape index (κ2) is 12.3. The first-order chi connectivity index (χ1) is 23.1. The lowest BCUT2D eigenvalue weighted by Crippen LogP contribution is -2.43. The molecular formula is C37H35ClN2O8. The second-order valence-corrected chi connectivity index (χ2v) is 13.5. The van der Waals surface area contributed by atoms with Crippen molar-refractivity contribution in [3.63, 3.8) is 0 Å². The number of hydrogen-bond acceptors (Lipinski definition) is 8. The molecule has 11 heteroatoms. The van der Waals surface area contributed by atoms with Crippen molar-refractivity contribution in [1.82, 2.24) is 9.80 Å². The van der Waals surface area contributed by atoms with E-state index in [1.54, 1.807) is 60.7 Å². The summed E-state index contributed by atoms with van der Waals surface area (Å²) < 4.78 is 5.40. The number of imide groups is 2. The molecule has 0 radical (unpaired) electrons. The molecular weight excluding hydrogens is 636 g/mol. The number of ether oxygens (including phenoxy) is 1. The van der Waals surface area contributed by atoms with Crippen LogP contribution in [0.25, 0.3) is 0 Å². The number of carbonyl (C=O) groups excluding carboxylic acids is 4. The van der Waals surface area contributed by atoms with E-state index < -0.39 is 35.5 Å².